The molecule has 126 valence electrons. The molecule has 1 saturated heterocycles. The lowest BCUT2D eigenvalue weighted by Crippen LogP contribution is -2.46. The van der Waals surface area contributed by atoms with Gasteiger partial charge in [0.15, 0.2) is 5.78 Å². The third-order valence-corrected chi connectivity index (χ3v) is 3.95. The number of carbonyl (C=O) groups is 2. The molecular formula is C17H25N3O3. The minimum atomic E-state index is -0.0676. The van der Waals surface area contributed by atoms with Crippen molar-refractivity contribution in [1.82, 2.24) is 15.5 Å². The molecule has 1 amide bonds. The Hall–Kier alpha value is -1.92. The Morgan fingerprint density at radius 3 is 2.52 bits per heavy atom. The van der Waals surface area contributed by atoms with E-state index in [0.717, 1.165) is 32.7 Å². The maximum Gasteiger partial charge on any atom is 0.220 e. The van der Waals surface area contributed by atoms with Crippen LogP contribution in [0.25, 0.3) is 0 Å². The Kier molecular flexibility index (Phi) is 7.03. The minimum Gasteiger partial charge on any atom is -0.497 e. The van der Waals surface area contributed by atoms with Crippen molar-refractivity contribution in [3.63, 3.8) is 0 Å². The molecule has 2 N–H and O–H groups in total. The van der Waals surface area contributed by atoms with E-state index in [0.29, 0.717) is 17.9 Å². The van der Waals surface area contributed by atoms with Gasteiger partial charge in [-0.25, -0.2) is 0 Å². The molecule has 0 bridgehead atoms. The van der Waals surface area contributed by atoms with Gasteiger partial charge in [0.05, 0.1) is 7.11 Å². The van der Waals surface area contributed by atoms with Crippen LogP contribution in [0.5, 0.6) is 5.75 Å². The highest BCUT2D eigenvalue weighted by atomic mass is 16.5. The fourth-order valence-corrected chi connectivity index (χ4v) is 2.52. The molecule has 2 rings (SSSR count). The number of amides is 1. The largest absolute Gasteiger partial charge is 0.497 e. The van der Waals surface area contributed by atoms with Gasteiger partial charge in [-0.2, -0.15) is 0 Å². The number of carbonyl (C=O) groups excluding carboxylic acids is 2. The topological polar surface area (TPSA) is 70.7 Å². The summed E-state index contributed by atoms with van der Waals surface area (Å²) in [6.07, 6.45) is 0.457. The van der Waals surface area contributed by atoms with Crippen LogP contribution in [-0.4, -0.2) is 63.0 Å². The van der Waals surface area contributed by atoms with Gasteiger partial charge >= 0.3 is 0 Å². The molecular weight excluding hydrogens is 294 g/mol. The van der Waals surface area contributed by atoms with Crippen LogP contribution in [-0.2, 0) is 4.79 Å². The number of Topliss-reactive ketones (excluding diaryl/α,β-unsaturated/α-hetero) is 1. The molecule has 1 fully saturated rings. The molecule has 1 aromatic rings. The second-order valence-electron chi connectivity index (χ2n) is 5.59. The lowest BCUT2D eigenvalue weighted by atomic mass is 10.1. The molecule has 0 aromatic heterocycles. The van der Waals surface area contributed by atoms with Gasteiger partial charge < -0.3 is 15.4 Å². The van der Waals surface area contributed by atoms with Gasteiger partial charge in [-0.05, 0) is 24.3 Å². The van der Waals surface area contributed by atoms with Crippen LogP contribution in [0.15, 0.2) is 24.3 Å². The standard InChI is InChI=1S/C17H25N3O3/c1-23-15-4-2-14(3-5-15)16(21)6-7-17(22)19-10-13-20-11-8-18-9-12-20/h2-5,18H,6-13H2,1H3,(H,19,22). The first-order chi connectivity index (χ1) is 11.2. The predicted octanol–water partition coefficient (Wildman–Crippen LogP) is 0.680. The first-order valence-corrected chi connectivity index (χ1v) is 8.06. The summed E-state index contributed by atoms with van der Waals surface area (Å²) in [6, 6.07) is 6.95. The Bertz CT molecular complexity index is 510. The Morgan fingerprint density at radius 2 is 1.87 bits per heavy atom. The normalized spacial score (nSPS) is 15.2. The average Bonchev–Trinajstić information content (AvgIpc) is 2.60. The molecule has 23 heavy (non-hydrogen) atoms. The van der Waals surface area contributed by atoms with Crippen LogP contribution >= 0.6 is 0 Å². The number of benzene rings is 1. The van der Waals surface area contributed by atoms with Gasteiger partial charge in [0.25, 0.3) is 0 Å². The number of hydrogen-bond acceptors (Lipinski definition) is 5. The van der Waals surface area contributed by atoms with E-state index in [1.807, 2.05) is 0 Å². The quantitative estimate of drug-likeness (QED) is 0.690. The maximum atomic E-state index is 12.0. The van der Waals surface area contributed by atoms with E-state index in [1.165, 1.54) is 0 Å². The summed E-state index contributed by atoms with van der Waals surface area (Å²) in [6.45, 7) is 5.54. The van der Waals surface area contributed by atoms with Gasteiger partial charge in [0.2, 0.25) is 5.91 Å². The van der Waals surface area contributed by atoms with E-state index in [-0.39, 0.29) is 24.5 Å². The number of nitrogens with one attached hydrogen (secondary N) is 2. The zero-order chi connectivity index (χ0) is 16.5. The van der Waals surface area contributed by atoms with Crippen molar-refractivity contribution >= 4 is 11.7 Å². The molecule has 6 heteroatoms. The summed E-state index contributed by atoms with van der Waals surface area (Å²) < 4.78 is 5.06. The predicted molar refractivity (Wildman–Crippen MR) is 88.9 cm³/mol. The van der Waals surface area contributed by atoms with Gasteiger partial charge in [-0.15, -0.1) is 0 Å². The number of ketones is 1. The molecule has 1 aliphatic heterocycles. The van der Waals surface area contributed by atoms with Crippen LogP contribution in [0, 0.1) is 0 Å². The van der Waals surface area contributed by atoms with Crippen molar-refractivity contribution in [3.8, 4) is 5.75 Å². The van der Waals surface area contributed by atoms with Crippen LogP contribution in [0.4, 0.5) is 0 Å². The fourth-order valence-electron chi connectivity index (χ4n) is 2.52. The van der Waals surface area contributed by atoms with Crippen molar-refractivity contribution in [2.24, 2.45) is 0 Å². The minimum absolute atomic E-state index is 0.0232. The lowest BCUT2D eigenvalue weighted by Gasteiger charge is -2.27. The van der Waals surface area contributed by atoms with E-state index in [2.05, 4.69) is 15.5 Å². The SMILES string of the molecule is COc1ccc(C(=O)CCC(=O)NCCN2CCNCC2)cc1. The summed E-state index contributed by atoms with van der Waals surface area (Å²) >= 11 is 0. The van der Waals surface area contributed by atoms with Crippen molar-refractivity contribution in [2.75, 3.05) is 46.4 Å². The Balaban J connectivity index is 1.63. The molecule has 1 aromatic carbocycles. The lowest BCUT2D eigenvalue weighted by molar-refractivity contribution is -0.121. The van der Waals surface area contributed by atoms with E-state index in [9.17, 15) is 9.59 Å². The maximum absolute atomic E-state index is 12.0. The molecule has 0 radical (unpaired) electrons. The summed E-state index contributed by atoms with van der Waals surface area (Å²) in [7, 11) is 1.58. The first-order valence-electron chi connectivity index (χ1n) is 8.06. The van der Waals surface area contributed by atoms with E-state index in [1.54, 1.807) is 31.4 Å². The van der Waals surface area contributed by atoms with Gasteiger partial charge in [-0.1, -0.05) is 0 Å². The Labute approximate surface area is 137 Å². The molecule has 6 nitrogen and oxygen atoms in total. The van der Waals surface area contributed by atoms with Crippen molar-refractivity contribution in [3.05, 3.63) is 29.8 Å². The van der Waals surface area contributed by atoms with Crippen LogP contribution in [0.3, 0.4) is 0 Å². The number of methoxy groups -OCH3 is 1. The number of hydrogen-bond donors (Lipinski definition) is 2. The zero-order valence-corrected chi connectivity index (χ0v) is 13.6. The number of ether oxygens (including phenoxy) is 1. The molecule has 1 aliphatic rings. The molecule has 0 spiro atoms. The van der Waals surface area contributed by atoms with E-state index < -0.39 is 0 Å². The summed E-state index contributed by atoms with van der Waals surface area (Å²) in [5, 5.41) is 6.18. The van der Waals surface area contributed by atoms with Crippen molar-refractivity contribution in [2.45, 2.75) is 12.8 Å². The van der Waals surface area contributed by atoms with Gasteiger partial charge in [-0.3, -0.25) is 14.5 Å². The van der Waals surface area contributed by atoms with Gasteiger partial charge in [0.1, 0.15) is 5.75 Å². The van der Waals surface area contributed by atoms with Gasteiger partial charge in [0, 0.05) is 57.7 Å². The Morgan fingerprint density at radius 1 is 1.17 bits per heavy atom. The fraction of sp³-hybridized carbons (Fsp3) is 0.529. The molecule has 0 saturated carbocycles. The van der Waals surface area contributed by atoms with Crippen LogP contribution < -0.4 is 15.4 Å². The smallest absolute Gasteiger partial charge is 0.220 e. The first kappa shape index (κ1) is 17.4. The van der Waals surface area contributed by atoms with Crippen molar-refractivity contribution < 1.29 is 14.3 Å². The van der Waals surface area contributed by atoms with E-state index >= 15 is 0 Å². The third-order valence-electron chi connectivity index (χ3n) is 3.95. The highest BCUT2D eigenvalue weighted by Gasteiger charge is 2.11. The second kappa shape index (κ2) is 9.27. The summed E-state index contributed by atoms with van der Waals surface area (Å²) in [5.41, 5.74) is 0.611. The molecule has 1 heterocycles. The molecule has 0 atom stereocenters. The van der Waals surface area contributed by atoms with Crippen LogP contribution in [0.2, 0.25) is 0 Å². The number of nitrogens with zero attached hydrogens (tertiary/aromatic N) is 1. The highest BCUT2D eigenvalue weighted by Crippen LogP contribution is 2.13. The molecule has 0 aliphatic carbocycles. The van der Waals surface area contributed by atoms with E-state index in [4.69, 9.17) is 4.74 Å². The molecule has 0 unspecified atom stereocenters. The zero-order valence-electron chi connectivity index (χ0n) is 13.6. The van der Waals surface area contributed by atoms with Crippen molar-refractivity contribution in [1.29, 1.82) is 0 Å². The number of rotatable bonds is 8. The summed E-state index contributed by atoms with van der Waals surface area (Å²) in [5.74, 6) is 0.624. The van der Waals surface area contributed by atoms with Crippen LogP contribution in [0.1, 0.15) is 23.2 Å². The summed E-state index contributed by atoms with van der Waals surface area (Å²) in [4.78, 5) is 26.2. The second-order valence-corrected chi connectivity index (χ2v) is 5.59. The average molecular weight is 319 g/mol. The monoisotopic (exact) mass is 319 g/mol. The highest BCUT2D eigenvalue weighted by molar-refractivity contribution is 5.98. The third kappa shape index (κ3) is 6.00. The number of piperazine rings is 1.